The molecule has 1 aliphatic heterocycles. The number of aliphatic hydroxyl groups is 1. The summed E-state index contributed by atoms with van der Waals surface area (Å²) in [4.78, 5) is 0. The van der Waals surface area contributed by atoms with Crippen LogP contribution in [0.4, 0.5) is 22.0 Å². The second-order valence-corrected chi connectivity index (χ2v) is 9.52. The van der Waals surface area contributed by atoms with Crippen molar-refractivity contribution in [2.75, 3.05) is 6.61 Å². The van der Waals surface area contributed by atoms with Crippen molar-refractivity contribution in [1.82, 2.24) is 0 Å². The zero-order valence-corrected chi connectivity index (χ0v) is 18.7. The topological polar surface area (TPSA) is 29.5 Å². The van der Waals surface area contributed by atoms with Gasteiger partial charge in [-0.1, -0.05) is 25.5 Å². The number of benzene rings is 2. The van der Waals surface area contributed by atoms with Gasteiger partial charge in [0.2, 0.25) is 0 Å². The molecule has 0 amide bonds. The summed E-state index contributed by atoms with van der Waals surface area (Å²) in [6.07, 6.45) is 6.36. The lowest BCUT2D eigenvalue weighted by atomic mass is 9.72. The molecule has 2 aliphatic rings. The highest BCUT2D eigenvalue weighted by molar-refractivity contribution is 5.65. The Kier molecular flexibility index (Phi) is 7.10. The van der Waals surface area contributed by atoms with E-state index in [1.165, 1.54) is 12.1 Å². The van der Waals surface area contributed by atoms with Crippen molar-refractivity contribution >= 4 is 0 Å². The Morgan fingerprint density at radius 3 is 2.15 bits per heavy atom. The van der Waals surface area contributed by atoms with Crippen LogP contribution in [0.25, 0.3) is 11.1 Å². The lowest BCUT2D eigenvalue weighted by Gasteiger charge is -2.41. The van der Waals surface area contributed by atoms with Gasteiger partial charge in [0.25, 0.3) is 0 Å². The summed E-state index contributed by atoms with van der Waals surface area (Å²) in [5, 5.41) is 11.1. The van der Waals surface area contributed by atoms with Crippen molar-refractivity contribution in [3.8, 4) is 11.1 Å². The Morgan fingerprint density at radius 2 is 1.58 bits per heavy atom. The highest BCUT2D eigenvalue weighted by Crippen LogP contribution is 2.44. The summed E-state index contributed by atoms with van der Waals surface area (Å²) in [6, 6.07) is 3.65. The molecule has 2 aromatic rings. The minimum Gasteiger partial charge on any atom is -0.385 e. The fourth-order valence-corrected chi connectivity index (χ4v) is 5.44. The van der Waals surface area contributed by atoms with E-state index in [0.29, 0.717) is 30.9 Å². The van der Waals surface area contributed by atoms with Crippen molar-refractivity contribution in [3.05, 3.63) is 58.9 Å². The van der Waals surface area contributed by atoms with Gasteiger partial charge in [-0.3, -0.25) is 0 Å². The SMILES string of the molecule is CCCC1CCC(C2CCC(O)(c3ccc(-c4cc(F)c(F)c(F)c4)c(F)c3F)CC2)OC1. The van der Waals surface area contributed by atoms with E-state index in [9.17, 15) is 22.7 Å². The van der Waals surface area contributed by atoms with Crippen LogP contribution in [0.15, 0.2) is 24.3 Å². The molecule has 1 aliphatic carbocycles. The van der Waals surface area contributed by atoms with Crippen LogP contribution in [-0.4, -0.2) is 17.8 Å². The number of hydrogen-bond acceptors (Lipinski definition) is 2. The second kappa shape index (κ2) is 9.71. The van der Waals surface area contributed by atoms with Crippen LogP contribution < -0.4 is 0 Å². The van der Waals surface area contributed by atoms with E-state index in [1.807, 2.05) is 0 Å². The Balaban J connectivity index is 1.48. The van der Waals surface area contributed by atoms with Crippen molar-refractivity contribution in [2.45, 2.75) is 70.0 Å². The Morgan fingerprint density at radius 1 is 0.909 bits per heavy atom. The smallest absolute Gasteiger partial charge is 0.194 e. The highest BCUT2D eigenvalue weighted by Gasteiger charge is 2.41. The summed E-state index contributed by atoms with van der Waals surface area (Å²) < 4.78 is 76.3. The Labute approximate surface area is 190 Å². The molecule has 0 aromatic heterocycles. The monoisotopic (exact) mass is 468 g/mol. The van der Waals surface area contributed by atoms with Crippen molar-refractivity contribution in [3.63, 3.8) is 0 Å². The summed E-state index contributed by atoms with van der Waals surface area (Å²) in [7, 11) is 0. The lowest BCUT2D eigenvalue weighted by molar-refractivity contribution is -0.0848. The number of halogens is 5. The molecule has 7 heteroatoms. The molecule has 4 rings (SSSR count). The fourth-order valence-electron chi connectivity index (χ4n) is 5.44. The minimum atomic E-state index is -1.68. The molecule has 2 nitrogen and oxygen atoms in total. The fraction of sp³-hybridized carbons (Fsp3) is 0.538. The summed E-state index contributed by atoms with van der Waals surface area (Å²) in [5.74, 6) is -6.37. The first-order valence-electron chi connectivity index (χ1n) is 11.7. The molecule has 0 spiro atoms. The van der Waals surface area contributed by atoms with Gasteiger partial charge < -0.3 is 9.84 Å². The molecule has 1 saturated carbocycles. The van der Waals surface area contributed by atoms with Crippen LogP contribution in [-0.2, 0) is 10.3 Å². The zero-order valence-electron chi connectivity index (χ0n) is 18.7. The van der Waals surface area contributed by atoms with Gasteiger partial charge in [0, 0.05) is 17.7 Å². The van der Waals surface area contributed by atoms with E-state index in [-0.39, 0.29) is 36.0 Å². The van der Waals surface area contributed by atoms with Crippen LogP contribution in [0.2, 0.25) is 0 Å². The van der Waals surface area contributed by atoms with Crippen molar-refractivity contribution in [2.24, 2.45) is 11.8 Å². The summed E-state index contributed by atoms with van der Waals surface area (Å²) >= 11 is 0. The third-order valence-corrected chi connectivity index (χ3v) is 7.36. The number of hydrogen-bond donors (Lipinski definition) is 1. The standard InChI is InChI=1S/C26H29F5O2/c1-2-3-15-4-7-22(33-14-15)16-8-10-26(32,11-9-16)19-6-5-18(23(29)24(19)30)17-12-20(27)25(31)21(28)13-17/h5-6,12-13,15-16,22,32H,2-4,7-11,14H2,1H3. The number of rotatable bonds is 5. The average molecular weight is 469 g/mol. The van der Waals surface area contributed by atoms with Gasteiger partial charge in [0.05, 0.1) is 11.7 Å². The van der Waals surface area contributed by atoms with Gasteiger partial charge in [0.1, 0.15) is 0 Å². The molecule has 2 unspecified atom stereocenters. The molecule has 33 heavy (non-hydrogen) atoms. The van der Waals surface area contributed by atoms with Gasteiger partial charge in [-0.05, 0) is 74.5 Å². The molecule has 180 valence electrons. The first-order valence-corrected chi connectivity index (χ1v) is 11.7. The minimum absolute atomic E-state index is 0.134. The first-order chi connectivity index (χ1) is 15.7. The Hall–Kier alpha value is -1.99. The Bertz CT molecular complexity index is 969. The lowest BCUT2D eigenvalue weighted by Crippen LogP contribution is -2.39. The maximum Gasteiger partial charge on any atom is 0.194 e. The van der Waals surface area contributed by atoms with E-state index < -0.39 is 40.3 Å². The highest BCUT2D eigenvalue weighted by atomic mass is 19.2. The van der Waals surface area contributed by atoms with Crippen molar-refractivity contribution < 1.29 is 31.8 Å². The van der Waals surface area contributed by atoms with E-state index >= 15 is 4.39 Å². The second-order valence-electron chi connectivity index (χ2n) is 9.52. The van der Waals surface area contributed by atoms with Crippen LogP contribution >= 0.6 is 0 Å². The first kappa shape index (κ1) is 24.1. The number of ether oxygens (including phenoxy) is 1. The van der Waals surface area contributed by atoms with Crippen LogP contribution in [0.1, 0.15) is 63.9 Å². The average Bonchev–Trinajstić information content (AvgIpc) is 2.80. The molecular weight excluding hydrogens is 439 g/mol. The van der Waals surface area contributed by atoms with Gasteiger partial charge in [0.15, 0.2) is 29.1 Å². The molecule has 1 N–H and O–H groups in total. The van der Waals surface area contributed by atoms with E-state index in [1.54, 1.807) is 0 Å². The van der Waals surface area contributed by atoms with Crippen LogP contribution in [0.5, 0.6) is 0 Å². The molecule has 0 radical (unpaired) electrons. The van der Waals surface area contributed by atoms with Gasteiger partial charge >= 0.3 is 0 Å². The predicted octanol–water partition coefficient (Wildman–Crippen LogP) is 7.02. The van der Waals surface area contributed by atoms with Gasteiger partial charge in [-0.2, -0.15) is 0 Å². The summed E-state index contributed by atoms with van der Waals surface area (Å²) in [6.45, 7) is 2.92. The molecule has 0 bridgehead atoms. The molecule has 1 heterocycles. The van der Waals surface area contributed by atoms with Gasteiger partial charge in [-0.25, -0.2) is 22.0 Å². The summed E-state index contributed by atoms with van der Waals surface area (Å²) in [5.41, 5.74) is -2.42. The normalized spacial score (nSPS) is 28.2. The molecular formula is C26H29F5O2. The molecule has 1 saturated heterocycles. The van der Waals surface area contributed by atoms with Crippen molar-refractivity contribution in [1.29, 1.82) is 0 Å². The molecule has 2 atom stereocenters. The van der Waals surface area contributed by atoms with Crippen LogP contribution in [0.3, 0.4) is 0 Å². The quantitative estimate of drug-likeness (QED) is 0.377. The molecule has 2 aromatic carbocycles. The largest absolute Gasteiger partial charge is 0.385 e. The zero-order chi connectivity index (χ0) is 23.8. The maximum atomic E-state index is 15.0. The maximum absolute atomic E-state index is 15.0. The molecule has 2 fully saturated rings. The van der Waals surface area contributed by atoms with E-state index in [2.05, 4.69) is 6.92 Å². The third-order valence-electron chi connectivity index (χ3n) is 7.36. The predicted molar refractivity (Wildman–Crippen MR) is 115 cm³/mol. The van der Waals surface area contributed by atoms with Crippen LogP contribution in [0, 0.1) is 40.9 Å². The van der Waals surface area contributed by atoms with E-state index in [0.717, 1.165) is 32.3 Å². The third kappa shape index (κ3) is 4.80. The van der Waals surface area contributed by atoms with E-state index in [4.69, 9.17) is 4.74 Å². The van der Waals surface area contributed by atoms with Gasteiger partial charge in [-0.15, -0.1) is 0 Å².